The maximum Gasteiger partial charge on any atom is 0.306 e. The lowest BCUT2D eigenvalue weighted by atomic mass is 9.51. The number of rotatable bonds is 4. The van der Waals surface area contributed by atoms with Crippen molar-refractivity contribution in [1.82, 2.24) is 0 Å². The summed E-state index contributed by atoms with van der Waals surface area (Å²) in [5.41, 5.74) is 1.38. The van der Waals surface area contributed by atoms with Crippen molar-refractivity contribution in [1.29, 1.82) is 0 Å². The molecule has 0 amide bonds. The molecule has 2 saturated carbocycles. The van der Waals surface area contributed by atoms with E-state index in [2.05, 4.69) is 32.9 Å². The van der Waals surface area contributed by atoms with Gasteiger partial charge in [-0.3, -0.25) is 4.79 Å². The van der Waals surface area contributed by atoms with Gasteiger partial charge in [-0.1, -0.05) is 19.9 Å². The van der Waals surface area contributed by atoms with E-state index in [0.29, 0.717) is 18.3 Å². The second kappa shape index (κ2) is 6.97. The van der Waals surface area contributed by atoms with Crippen LogP contribution in [0, 0.1) is 29.1 Å². The minimum atomic E-state index is -0.283. The first kappa shape index (κ1) is 19.1. The third kappa shape index (κ3) is 2.96. The van der Waals surface area contributed by atoms with Crippen molar-refractivity contribution in [2.24, 2.45) is 29.1 Å². The van der Waals surface area contributed by atoms with Crippen LogP contribution in [0.4, 0.5) is 0 Å². The molecule has 27 heavy (non-hydrogen) atoms. The number of esters is 1. The zero-order valence-corrected chi connectivity index (χ0v) is 17.6. The van der Waals surface area contributed by atoms with Crippen LogP contribution >= 0.6 is 0 Å². The summed E-state index contributed by atoms with van der Waals surface area (Å²) in [6.07, 6.45) is 13.5. The Bertz CT molecular complexity index is 663. The molecule has 4 rings (SSSR count). The molecule has 0 heterocycles. The van der Waals surface area contributed by atoms with E-state index >= 15 is 0 Å². The molecule has 0 aromatic heterocycles. The maximum atomic E-state index is 12.1. The van der Waals surface area contributed by atoms with Crippen LogP contribution in [0.15, 0.2) is 23.5 Å². The number of allylic oxidation sites excluding steroid dienone is 4. The Kier molecular flexibility index (Phi) is 4.93. The minimum absolute atomic E-state index is 0.0341. The molecule has 3 nitrogen and oxygen atoms in total. The number of carbonyl (C=O) groups is 1. The first-order chi connectivity index (χ1) is 12.9. The van der Waals surface area contributed by atoms with E-state index in [9.17, 15) is 4.79 Å². The molecule has 3 heteroatoms. The predicted octanol–water partition coefficient (Wildman–Crippen LogP) is 5.80. The van der Waals surface area contributed by atoms with E-state index in [4.69, 9.17) is 9.47 Å². The molecule has 4 aliphatic rings. The number of carbonyl (C=O) groups excluding carboxylic acids is 1. The summed E-state index contributed by atoms with van der Waals surface area (Å²) in [5, 5.41) is 0. The molecular formula is C24H36O3. The standard InChI is InChI=1S/C24H36O3/c1-5-22(25)27-24(4)14-12-21-20-9-7-16-15-17(26-6-2)8-10-18(16)19(20)11-13-23(21,24)3/h7,15,18-21H,5-6,8-14H2,1-4H3/t18-,19+,20+,21+,23+,24+/m0/s1. The molecule has 0 saturated heterocycles. The van der Waals surface area contributed by atoms with Crippen molar-refractivity contribution in [2.75, 3.05) is 6.61 Å². The minimum Gasteiger partial charge on any atom is -0.498 e. The van der Waals surface area contributed by atoms with E-state index in [1.165, 1.54) is 43.4 Å². The molecule has 4 aliphatic carbocycles. The maximum absolute atomic E-state index is 12.1. The Morgan fingerprint density at radius 2 is 1.96 bits per heavy atom. The van der Waals surface area contributed by atoms with Gasteiger partial charge in [0.1, 0.15) is 5.60 Å². The van der Waals surface area contributed by atoms with Gasteiger partial charge in [0, 0.05) is 18.3 Å². The fourth-order valence-electron chi connectivity index (χ4n) is 6.94. The molecule has 6 atom stereocenters. The van der Waals surface area contributed by atoms with Crippen LogP contribution in [0.2, 0.25) is 0 Å². The quantitative estimate of drug-likeness (QED) is 0.585. The summed E-state index contributed by atoms with van der Waals surface area (Å²) >= 11 is 0. The summed E-state index contributed by atoms with van der Waals surface area (Å²) < 4.78 is 11.9. The highest BCUT2D eigenvalue weighted by Crippen LogP contribution is 2.65. The highest BCUT2D eigenvalue weighted by Gasteiger charge is 2.62. The molecule has 0 N–H and O–H groups in total. The van der Waals surface area contributed by atoms with Crippen LogP contribution in [-0.2, 0) is 14.3 Å². The van der Waals surface area contributed by atoms with Crippen LogP contribution in [0.3, 0.4) is 0 Å². The van der Waals surface area contributed by atoms with Crippen LogP contribution in [0.25, 0.3) is 0 Å². The van der Waals surface area contributed by atoms with Crippen LogP contribution in [0.1, 0.15) is 79.1 Å². The molecule has 0 bridgehead atoms. The van der Waals surface area contributed by atoms with Gasteiger partial charge in [-0.2, -0.15) is 0 Å². The Hall–Kier alpha value is -1.25. The first-order valence-corrected chi connectivity index (χ1v) is 11.2. The average molecular weight is 373 g/mol. The van der Waals surface area contributed by atoms with Gasteiger partial charge in [0.2, 0.25) is 0 Å². The molecule has 0 unspecified atom stereocenters. The normalized spacial score (nSPS) is 43.0. The lowest BCUT2D eigenvalue weighted by molar-refractivity contribution is -0.177. The zero-order chi connectivity index (χ0) is 19.2. The largest absolute Gasteiger partial charge is 0.498 e. The summed E-state index contributed by atoms with van der Waals surface area (Å²) in [5.74, 6) is 4.09. The molecule has 2 fully saturated rings. The van der Waals surface area contributed by atoms with E-state index < -0.39 is 0 Å². The van der Waals surface area contributed by atoms with Crippen molar-refractivity contribution >= 4 is 5.97 Å². The zero-order valence-electron chi connectivity index (χ0n) is 17.6. The highest BCUT2D eigenvalue weighted by molar-refractivity contribution is 5.69. The molecular weight excluding hydrogens is 336 g/mol. The lowest BCUT2D eigenvalue weighted by Gasteiger charge is -2.55. The number of hydrogen-bond acceptors (Lipinski definition) is 3. The molecule has 0 aromatic rings. The van der Waals surface area contributed by atoms with Gasteiger partial charge in [0.15, 0.2) is 0 Å². The SMILES string of the molecule is CCOC1=CC2=CC[C@@H]3[C@H](CC[C@]4(C)[C@@H]3CC[C@@]4(C)OC(=O)CC)[C@H]2CC1. The number of fused-ring (bicyclic) bond motifs is 5. The Morgan fingerprint density at radius 3 is 2.70 bits per heavy atom. The van der Waals surface area contributed by atoms with Crippen molar-refractivity contribution in [2.45, 2.75) is 84.7 Å². The van der Waals surface area contributed by atoms with Crippen molar-refractivity contribution in [3.8, 4) is 0 Å². The van der Waals surface area contributed by atoms with Gasteiger partial charge in [-0.15, -0.1) is 0 Å². The van der Waals surface area contributed by atoms with Crippen LogP contribution < -0.4 is 0 Å². The lowest BCUT2D eigenvalue weighted by Crippen LogP contribution is -2.52. The molecule has 0 spiro atoms. The van der Waals surface area contributed by atoms with Gasteiger partial charge < -0.3 is 9.47 Å². The molecule has 150 valence electrons. The number of ether oxygens (including phenoxy) is 2. The Balaban J connectivity index is 1.57. The fraction of sp³-hybridized carbons (Fsp3) is 0.792. The van der Waals surface area contributed by atoms with E-state index in [1.54, 1.807) is 0 Å². The highest BCUT2D eigenvalue weighted by atomic mass is 16.6. The summed E-state index contributed by atoms with van der Waals surface area (Å²) in [6, 6.07) is 0. The van der Waals surface area contributed by atoms with Crippen molar-refractivity contribution in [3.63, 3.8) is 0 Å². The van der Waals surface area contributed by atoms with Crippen LogP contribution in [0.5, 0.6) is 0 Å². The summed E-state index contributed by atoms with van der Waals surface area (Å²) in [7, 11) is 0. The van der Waals surface area contributed by atoms with E-state index in [1.807, 2.05) is 6.92 Å². The van der Waals surface area contributed by atoms with Crippen LogP contribution in [-0.4, -0.2) is 18.2 Å². The van der Waals surface area contributed by atoms with Gasteiger partial charge in [0.25, 0.3) is 0 Å². The van der Waals surface area contributed by atoms with Gasteiger partial charge in [-0.05, 0) is 87.7 Å². The first-order valence-electron chi connectivity index (χ1n) is 11.2. The second-order valence-electron chi connectivity index (χ2n) is 9.62. The third-order valence-electron chi connectivity index (χ3n) is 8.58. The average Bonchev–Trinajstić information content (AvgIpc) is 2.92. The molecule has 0 radical (unpaired) electrons. The van der Waals surface area contributed by atoms with Crippen molar-refractivity contribution in [3.05, 3.63) is 23.5 Å². The fourth-order valence-corrected chi connectivity index (χ4v) is 6.94. The monoisotopic (exact) mass is 372 g/mol. The Labute approximate surface area is 164 Å². The molecule has 0 aromatic carbocycles. The second-order valence-corrected chi connectivity index (χ2v) is 9.62. The van der Waals surface area contributed by atoms with Gasteiger partial charge in [-0.25, -0.2) is 0 Å². The van der Waals surface area contributed by atoms with Gasteiger partial charge >= 0.3 is 5.97 Å². The summed E-state index contributed by atoms with van der Waals surface area (Å²) in [4.78, 5) is 12.1. The summed E-state index contributed by atoms with van der Waals surface area (Å²) in [6.45, 7) is 9.37. The van der Waals surface area contributed by atoms with E-state index in [0.717, 1.165) is 31.3 Å². The topological polar surface area (TPSA) is 35.5 Å². The Morgan fingerprint density at radius 1 is 1.15 bits per heavy atom. The smallest absolute Gasteiger partial charge is 0.306 e. The van der Waals surface area contributed by atoms with Crippen molar-refractivity contribution < 1.29 is 14.3 Å². The van der Waals surface area contributed by atoms with Gasteiger partial charge in [0.05, 0.1) is 12.4 Å². The number of hydrogen-bond donors (Lipinski definition) is 0. The third-order valence-corrected chi connectivity index (χ3v) is 8.58. The predicted molar refractivity (Wildman–Crippen MR) is 107 cm³/mol. The molecule has 0 aliphatic heterocycles. The van der Waals surface area contributed by atoms with E-state index in [-0.39, 0.29) is 17.0 Å².